The number of hydrogen-bond donors (Lipinski definition) is 1. The molecule has 0 saturated heterocycles. The molecular formula is C13H15BrFN3O. The van der Waals surface area contributed by atoms with Crippen LogP contribution in [0.3, 0.4) is 0 Å². The number of halogens is 2. The summed E-state index contributed by atoms with van der Waals surface area (Å²) < 4.78 is 19.2. The van der Waals surface area contributed by atoms with Gasteiger partial charge in [0, 0.05) is 22.5 Å². The highest BCUT2D eigenvalue weighted by Gasteiger charge is 2.13. The Bertz CT molecular complexity index is 534. The molecule has 0 fully saturated rings. The summed E-state index contributed by atoms with van der Waals surface area (Å²) in [6, 6.07) is 4.83. The average molecular weight is 328 g/mol. The van der Waals surface area contributed by atoms with Crippen molar-refractivity contribution < 1.29 is 8.91 Å². The van der Waals surface area contributed by atoms with Gasteiger partial charge < -0.3 is 9.84 Å². The molecule has 1 atom stereocenters. The van der Waals surface area contributed by atoms with Gasteiger partial charge in [0.2, 0.25) is 11.7 Å². The molecule has 0 saturated carbocycles. The predicted octanol–water partition coefficient (Wildman–Crippen LogP) is 3.18. The first-order chi connectivity index (χ1) is 9.12. The smallest absolute Gasteiger partial charge is 0.228 e. The van der Waals surface area contributed by atoms with Crippen molar-refractivity contribution in [3.63, 3.8) is 0 Å². The highest BCUT2D eigenvalue weighted by molar-refractivity contribution is 9.10. The van der Waals surface area contributed by atoms with Crippen LogP contribution in [0.25, 0.3) is 11.4 Å². The van der Waals surface area contributed by atoms with Crippen molar-refractivity contribution in [2.24, 2.45) is 0 Å². The molecule has 1 aromatic carbocycles. The minimum Gasteiger partial charge on any atom is -0.339 e. The second-order valence-corrected chi connectivity index (χ2v) is 5.18. The molecule has 0 radical (unpaired) electrons. The van der Waals surface area contributed by atoms with E-state index in [1.807, 2.05) is 7.05 Å². The Kier molecular flexibility index (Phi) is 4.66. The van der Waals surface area contributed by atoms with Gasteiger partial charge in [-0.2, -0.15) is 4.98 Å². The van der Waals surface area contributed by atoms with Gasteiger partial charge in [0.1, 0.15) is 5.82 Å². The van der Waals surface area contributed by atoms with Gasteiger partial charge in [0.25, 0.3) is 0 Å². The molecule has 102 valence electrons. The maximum absolute atomic E-state index is 13.3. The van der Waals surface area contributed by atoms with Crippen molar-refractivity contribution in [3.05, 3.63) is 34.4 Å². The van der Waals surface area contributed by atoms with Gasteiger partial charge in [-0.15, -0.1) is 0 Å². The molecule has 0 aliphatic heterocycles. The predicted molar refractivity (Wildman–Crippen MR) is 74.2 cm³/mol. The lowest BCUT2D eigenvalue weighted by atomic mass is 10.1. The third kappa shape index (κ3) is 3.61. The van der Waals surface area contributed by atoms with Gasteiger partial charge in [0.05, 0.1) is 0 Å². The summed E-state index contributed by atoms with van der Waals surface area (Å²) in [5.74, 6) is 0.620. The molecule has 0 bridgehead atoms. The van der Waals surface area contributed by atoms with Gasteiger partial charge in [-0.25, -0.2) is 4.39 Å². The second kappa shape index (κ2) is 6.25. The van der Waals surface area contributed by atoms with E-state index in [1.165, 1.54) is 12.1 Å². The topological polar surface area (TPSA) is 51.0 Å². The molecule has 1 N–H and O–H groups in total. The van der Waals surface area contributed by atoms with Crippen molar-refractivity contribution >= 4 is 15.9 Å². The third-order valence-electron chi connectivity index (χ3n) is 2.91. The lowest BCUT2D eigenvalue weighted by Crippen LogP contribution is -2.26. The van der Waals surface area contributed by atoms with E-state index in [-0.39, 0.29) is 5.82 Å². The van der Waals surface area contributed by atoms with E-state index in [9.17, 15) is 4.39 Å². The summed E-state index contributed by atoms with van der Waals surface area (Å²) in [5, 5.41) is 7.06. The number of rotatable bonds is 5. The number of benzene rings is 1. The van der Waals surface area contributed by atoms with Crippen molar-refractivity contribution in [2.75, 3.05) is 7.05 Å². The first-order valence-corrected chi connectivity index (χ1v) is 6.88. The molecule has 1 heterocycles. The standard InChI is InChI=1S/C13H15BrFN3O/c1-3-11(16-2)7-12-17-13(18-19-12)8-4-9(14)6-10(15)5-8/h4-6,11,16H,3,7H2,1-2H3. The van der Waals surface area contributed by atoms with Crippen LogP contribution in [0, 0.1) is 5.82 Å². The summed E-state index contributed by atoms with van der Waals surface area (Å²) in [4.78, 5) is 4.29. The average Bonchev–Trinajstić information content (AvgIpc) is 2.83. The molecule has 1 aromatic heterocycles. The molecule has 0 amide bonds. The van der Waals surface area contributed by atoms with Crippen LogP contribution in [0.5, 0.6) is 0 Å². The highest BCUT2D eigenvalue weighted by atomic mass is 79.9. The second-order valence-electron chi connectivity index (χ2n) is 4.27. The monoisotopic (exact) mass is 327 g/mol. The van der Waals surface area contributed by atoms with E-state index >= 15 is 0 Å². The van der Waals surface area contributed by atoms with Crippen LogP contribution >= 0.6 is 15.9 Å². The molecule has 0 spiro atoms. The molecule has 2 aromatic rings. The maximum Gasteiger partial charge on any atom is 0.228 e. The van der Waals surface area contributed by atoms with Gasteiger partial charge in [-0.3, -0.25) is 0 Å². The fraction of sp³-hybridized carbons (Fsp3) is 0.385. The molecule has 4 nitrogen and oxygen atoms in total. The molecule has 19 heavy (non-hydrogen) atoms. The maximum atomic E-state index is 13.3. The van der Waals surface area contributed by atoms with E-state index in [0.717, 1.165) is 6.42 Å². The van der Waals surface area contributed by atoms with Crippen molar-refractivity contribution in [2.45, 2.75) is 25.8 Å². The van der Waals surface area contributed by atoms with Crippen LogP contribution in [0.2, 0.25) is 0 Å². The lowest BCUT2D eigenvalue weighted by molar-refractivity contribution is 0.359. The van der Waals surface area contributed by atoms with Crippen LogP contribution < -0.4 is 5.32 Å². The van der Waals surface area contributed by atoms with Crippen molar-refractivity contribution in [1.82, 2.24) is 15.5 Å². The minimum absolute atomic E-state index is 0.299. The number of hydrogen-bond acceptors (Lipinski definition) is 4. The zero-order valence-electron chi connectivity index (χ0n) is 10.8. The molecule has 0 aliphatic carbocycles. The largest absolute Gasteiger partial charge is 0.339 e. The zero-order chi connectivity index (χ0) is 13.8. The highest BCUT2D eigenvalue weighted by Crippen LogP contribution is 2.22. The number of nitrogens with zero attached hydrogens (tertiary/aromatic N) is 2. The molecular weight excluding hydrogens is 313 g/mol. The zero-order valence-corrected chi connectivity index (χ0v) is 12.4. The van der Waals surface area contributed by atoms with E-state index in [2.05, 4.69) is 38.3 Å². The number of nitrogens with one attached hydrogen (secondary N) is 1. The minimum atomic E-state index is -0.336. The Morgan fingerprint density at radius 3 is 2.84 bits per heavy atom. The van der Waals surface area contributed by atoms with Crippen LogP contribution in [0.15, 0.2) is 27.2 Å². The van der Waals surface area contributed by atoms with E-state index in [4.69, 9.17) is 4.52 Å². The van der Waals surface area contributed by atoms with Crippen LogP contribution in [0.4, 0.5) is 4.39 Å². The fourth-order valence-electron chi connectivity index (χ4n) is 1.80. The van der Waals surface area contributed by atoms with Gasteiger partial charge in [-0.1, -0.05) is 28.0 Å². The van der Waals surface area contributed by atoms with Crippen LogP contribution in [-0.2, 0) is 6.42 Å². The summed E-state index contributed by atoms with van der Waals surface area (Å²) >= 11 is 3.24. The van der Waals surface area contributed by atoms with Gasteiger partial charge in [-0.05, 0) is 31.7 Å². The molecule has 0 aliphatic rings. The first kappa shape index (κ1) is 14.1. The Morgan fingerprint density at radius 2 is 2.21 bits per heavy atom. The van der Waals surface area contributed by atoms with Gasteiger partial charge in [0.15, 0.2) is 0 Å². The van der Waals surface area contributed by atoms with E-state index < -0.39 is 0 Å². The van der Waals surface area contributed by atoms with E-state index in [1.54, 1.807) is 6.07 Å². The fourth-order valence-corrected chi connectivity index (χ4v) is 2.26. The summed E-state index contributed by atoms with van der Waals surface area (Å²) in [6.07, 6.45) is 1.64. The van der Waals surface area contributed by atoms with Crippen molar-refractivity contribution in [1.29, 1.82) is 0 Å². The van der Waals surface area contributed by atoms with Gasteiger partial charge >= 0.3 is 0 Å². The third-order valence-corrected chi connectivity index (χ3v) is 3.37. The van der Waals surface area contributed by atoms with E-state index in [0.29, 0.717) is 34.2 Å². The number of likely N-dealkylation sites (N-methyl/N-ethyl adjacent to an activating group) is 1. The normalized spacial score (nSPS) is 12.6. The Hall–Kier alpha value is -1.27. The van der Waals surface area contributed by atoms with Crippen LogP contribution in [0.1, 0.15) is 19.2 Å². The first-order valence-electron chi connectivity index (χ1n) is 6.08. The SMILES string of the molecule is CCC(Cc1nc(-c2cc(F)cc(Br)c2)no1)NC. The molecule has 1 unspecified atom stereocenters. The summed E-state index contributed by atoms with van der Waals surface area (Å²) in [6.45, 7) is 2.09. The quantitative estimate of drug-likeness (QED) is 0.916. The molecule has 2 rings (SSSR count). The summed E-state index contributed by atoms with van der Waals surface area (Å²) in [7, 11) is 1.90. The Balaban J connectivity index is 2.20. The van der Waals surface area contributed by atoms with Crippen molar-refractivity contribution in [3.8, 4) is 11.4 Å². The number of aromatic nitrogens is 2. The Morgan fingerprint density at radius 1 is 1.42 bits per heavy atom. The Labute approximate surface area is 119 Å². The lowest BCUT2D eigenvalue weighted by Gasteiger charge is -2.09. The summed E-state index contributed by atoms with van der Waals surface area (Å²) in [5.41, 5.74) is 0.597. The molecule has 6 heteroatoms. The van der Waals surface area contributed by atoms with Crippen LogP contribution in [-0.4, -0.2) is 23.2 Å².